The van der Waals surface area contributed by atoms with Gasteiger partial charge in [-0.25, -0.2) is 4.98 Å². The molecule has 2 aromatic heterocycles. The van der Waals surface area contributed by atoms with Crippen molar-refractivity contribution < 1.29 is 14.0 Å². The Kier molecular flexibility index (Phi) is 5.16. The Labute approximate surface area is 167 Å². The maximum absolute atomic E-state index is 12.6. The van der Waals surface area contributed by atoms with Crippen LogP contribution in [0.15, 0.2) is 52.1 Å². The first kappa shape index (κ1) is 18.9. The lowest BCUT2D eigenvalue weighted by molar-refractivity contribution is -0.132. The minimum absolute atomic E-state index is 0.0358. The number of rotatable bonds is 4. The van der Waals surface area contributed by atoms with Gasteiger partial charge in [0.05, 0.1) is 23.5 Å². The van der Waals surface area contributed by atoms with Gasteiger partial charge in [-0.1, -0.05) is 12.1 Å². The molecule has 0 spiro atoms. The Balaban J connectivity index is 1.35. The molecule has 1 aliphatic heterocycles. The molecule has 29 heavy (non-hydrogen) atoms. The lowest BCUT2D eigenvalue weighted by Gasteiger charge is -2.34. The third-order valence-electron chi connectivity index (χ3n) is 5.27. The van der Waals surface area contributed by atoms with E-state index in [0.717, 1.165) is 5.56 Å². The molecule has 1 fully saturated rings. The summed E-state index contributed by atoms with van der Waals surface area (Å²) >= 11 is 0. The average Bonchev–Trinajstić information content (AvgIpc) is 3.28. The second kappa shape index (κ2) is 7.90. The monoisotopic (exact) mass is 394 g/mol. The van der Waals surface area contributed by atoms with Gasteiger partial charge in [0.15, 0.2) is 5.76 Å². The molecule has 0 aliphatic carbocycles. The van der Waals surface area contributed by atoms with Crippen molar-refractivity contribution in [3.63, 3.8) is 0 Å². The van der Waals surface area contributed by atoms with Crippen LogP contribution in [0.1, 0.15) is 22.5 Å². The van der Waals surface area contributed by atoms with E-state index in [9.17, 15) is 14.4 Å². The van der Waals surface area contributed by atoms with E-state index in [1.54, 1.807) is 28.0 Å². The highest BCUT2D eigenvalue weighted by Gasteiger charge is 2.25. The third-order valence-corrected chi connectivity index (χ3v) is 5.27. The van der Waals surface area contributed by atoms with Crippen LogP contribution >= 0.6 is 0 Å². The molecular weight excluding hydrogens is 372 g/mol. The van der Waals surface area contributed by atoms with Crippen LogP contribution in [0.3, 0.4) is 0 Å². The highest BCUT2D eigenvalue weighted by Crippen LogP contribution is 2.12. The first-order valence-corrected chi connectivity index (χ1v) is 9.60. The van der Waals surface area contributed by atoms with E-state index >= 15 is 0 Å². The molecule has 3 heterocycles. The van der Waals surface area contributed by atoms with E-state index in [1.165, 1.54) is 17.2 Å². The van der Waals surface area contributed by atoms with Gasteiger partial charge in [0, 0.05) is 39.1 Å². The molecule has 8 heteroatoms. The summed E-state index contributed by atoms with van der Waals surface area (Å²) in [6.45, 7) is 4.05. The van der Waals surface area contributed by atoms with E-state index in [1.807, 2.05) is 19.1 Å². The summed E-state index contributed by atoms with van der Waals surface area (Å²) in [5.74, 6) is 0.112. The van der Waals surface area contributed by atoms with Crippen LogP contribution in [-0.4, -0.2) is 57.3 Å². The molecule has 4 rings (SSSR count). The van der Waals surface area contributed by atoms with Gasteiger partial charge < -0.3 is 14.2 Å². The lowest BCUT2D eigenvalue weighted by Crippen LogP contribution is -2.50. The average molecular weight is 394 g/mol. The second-order valence-electron chi connectivity index (χ2n) is 7.11. The van der Waals surface area contributed by atoms with Gasteiger partial charge in [0.25, 0.3) is 11.5 Å². The number of aryl methyl sites for hydroxylation is 2. The number of aromatic nitrogens is 2. The normalized spacial score (nSPS) is 14.4. The van der Waals surface area contributed by atoms with Crippen molar-refractivity contribution in [3.05, 3.63) is 64.6 Å². The number of hydrogen-bond acceptors (Lipinski definition) is 5. The van der Waals surface area contributed by atoms with Crippen molar-refractivity contribution in [1.29, 1.82) is 0 Å². The van der Waals surface area contributed by atoms with Crippen molar-refractivity contribution >= 4 is 22.7 Å². The van der Waals surface area contributed by atoms with E-state index in [2.05, 4.69) is 4.98 Å². The Morgan fingerprint density at radius 2 is 1.83 bits per heavy atom. The first-order chi connectivity index (χ1) is 14.0. The molecule has 1 aromatic carbocycles. The fraction of sp³-hybridized carbons (Fsp3) is 0.333. The van der Waals surface area contributed by atoms with Gasteiger partial charge in [-0.15, -0.1) is 0 Å². The molecule has 0 N–H and O–H groups in total. The fourth-order valence-corrected chi connectivity index (χ4v) is 3.59. The highest BCUT2D eigenvalue weighted by molar-refractivity contribution is 5.91. The van der Waals surface area contributed by atoms with Crippen LogP contribution in [0.25, 0.3) is 10.9 Å². The summed E-state index contributed by atoms with van der Waals surface area (Å²) in [6.07, 6.45) is 3.19. The van der Waals surface area contributed by atoms with E-state index < -0.39 is 0 Å². The summed E-state index contributed by atoms with van der Waals surface area (Å²) in [5.41, 5.74) is 1.50. The quantitative estimate of drug-likeness (QED) is 0.672. The number of carbonyl (C=O) groups is 2. The molecule has 1 saturated heterocycles. The fourth-order valence-electron chi connectivity index (χ4n) is 3.59. The molecule has 0 unspecified atom stereocenters. The predicted octanol–water partition coefficient (Wildman–Crippen LogP) is 1.67. The first-order valence-electron chi connectivity index (χ1n) is 9.60. The zero-order chi connectivity index (χ0) is 20.4. The minimum atomic E-state index is -0.161. The predicted molar refractivity (Wildman–Crippen MR) is 107 cm³/mol. The molecule has 0 bridgehead atoms. The Bertz CT molecular complexity index is 1100. The van der Waals surface area contributed by atoms with Crippen LogP contribution in [0.4, 0.5) is 0 Å². The molecular formula is C21H22N4O4. The molecule has 150 valence electrons. The number of hydrogen-bond donors (Lipinski definition) is 0. The number of para-hydroxylation sites is 1. The van der Waals surface area contributed by atoms with E-state index in [0.29, 0.717) is 42.8 Å². The van der Waals surface area contributed by atoms with Crippen LogP contribution in [0, 0.1) is 6.92 Å². The summed E-state index contributed by atoms with van der Waals surface area (Å²) in [5, 5.41) is 0.560. The summed E-state index contributed by atoms with van der Waals surface area (Å²) in [7, 11) is 0. The zero-order valence-corrected chi connectivity index (χ0v) is 16.2. The van der Waals surface area contributed by atoms with Crippen molar-refractivity contribution in [2.24, 2.45) is 0 Å². The maximum atomic E-state index is 12.6. The Morgan fingerprint density at radius 1 is 1.07 bits per heavy atom. The number of carbonyl (C=O) groups excluding carboxylic acids is 2. The van der Waals surface area contributed by atoms with Crippen molar-refractivity contribution in [1.82, 2.24) is 19.4 Å². The minimum Gasteiger partial charge on any atom is -0.459 e. The molecule has 1 aliphatic rings. The van der Waals surface area contributed by atoms with Gasteiger partial charge in [-0.3, -0.25) is 19.0 Å². The van der Waals surface area contributed by atoms with Crippen LogP contribution in [0.5, 0.6) is 0 Å². The van der Waals surface area contributed by atoms with Gasteiger partial charge in [0.2, 0.25) is 5.91 Å². The molecule has 0 atom stereocenters. The highest BCUT2D eigenvalue weighted by atomic mass is 16.3. The lowest BCUT2D eigenvalue weighted by atomic mass is 10.1. The van der Waals surface area contributed by atoms with Crippen molar-refractivity contribution in [2.75, 3.05) is 26.2 Å². The molecule has 0 radical (unpaired) electrons. The number of amides is 2. The van der Waals surface area contributed by atoms with Gasteiger partial charge in [0.1, 0.15) is 0 Å². The molecule has 2 amide bonds. The molecule has 8 nitrogen and oxygen atoms in total. The summed E-state index contributed by atoms with van der Waals surface area (Å²) < 4.78 is 6.63. The van der Waals surface area contributed by atoms with Gasteiger partial charge >= 0.3 is 0 Å². The van der Waals surface area contributed by atoms with Crippen LogP contribution in [0.2, 0.25) is 0 Å². The van der Waals surface area contributed by atoms with E-state index in [4.69, 9.17) is 4.42 Å². The Morgan fingerprint density at radius 3 is 2.55 bits per heavy atom. The smallest absolute Gasteiger partial charge is 0.289 e. The van der Waals surface area contributed by atoms with Crippen molar-refractivity contribution in [3.8, 4) is 0 Å². The molecule has 3 aromatic rings. The standard InChI is InChI=1S/C21H22N4O4/c1-15-4-2-5-16-19(15)22-14-25(20(16)27)8-7-18(26)23-9-11-24(12-10-23)21(28)17-6-3-13-29-17/h2-6,13-14H,7-12H2,1H3. The second-order valence-corrected chi connectivity index (χ2v) is 7.11. The topological polar surface area (TPSA) is 88.7 Å². The van der Waals surface area contributed by atoms with E-state index in [-0.39, 0.29) is 30.3 Å². The van der Waals surface area contributed by atoms with Gasteiger partial charge in [-0.05, 0) is 30.7 Å². The largest absolute Gasteiger partial charge is 0.459 e. The number of fused-ring (bicyclic) bond motifs is 1. The van der Waals surface area contributed by atoms with Crippen LogP contribution < -0.4 is 5.56 Å². The number of nitrogens with zero attached hydrogens (tertiary/aromatic N) is 4. The zero-order valence-electron chi connectivity index (χ0n) is 16.2. The number of piperazine rings is 1. The summed E-state index contributed by atoms with van der Waals surface area (Å²) in [6, 6.07) is 8.82. The Hall–Kier alpha value is -3.42. The number of furan rings is 1. The van der Waals surface area contributed by atoms with Gasteiger partial charge in [-0.2, -0.15) is 0 Å². The summed E-state index contributed by atoms with van der Waals surface area (Å²) in [4.78, 5) is 45.3. The van der Waals surface area contributed by atoms with Crippen molar-refractivity contribution in [2.45, 2.75) is 19.9 Å². The SMILES string of the molecule is Cc1cccc2c(=O)n(CCC(=O)N3CCN(C(=O)c4ccco4)CC3)cnc12. The third kappa shape index (κ3) is 3.78. The number of benzene rings is 1. The van der Waals surface area contributed by atoms with Crippen LogP contribution in [-0.2, 0) is 11.3 Å². The molecule has 0 saturated carbocycles. The maximum Gasteiger partial charge on any atom is 0.289 e.